The summed E-state index contributed by atoms with van der Waals surface area (Å²) in [5.41, 5.74) is 1.62. The molecule has 5 rings (SSSR count). The molecular weight excluding hydrogens is 408 g/mol. The van der Waals surface area contributed by atoms with Crippen LogP contribution in [0.15, 0.2) is 36.5 Å². The van der Waals surface area contributed by atoms with Crippen molar-refractivity contribution in [1.29, 1.82) is 0 Å². The van der Waals surface area contributed by atoms with Crippen LogP contribution >= 0.6 is 0 Å². The number of benzene rings is 1. The lowest BCUT2D eigenvalue weighted by Gasteiger charge is -2.31. The van der Waals surface area contributed by atoms with Gasteiger partial charge in [0.25, 0.3) is 0 Å². The fraction of sp³-hybridized carbons (Fsp3) is 0.458. The summed E-state index contributed by atoms with van der Waals surface area (Å²) in [5, 5.41) is 12.8. The minimum Gasteiger partial charge on any atom is -0.497 e. The van der Waals surface area contributed by atoms with Gasteiger partial charge in [-0.1, -0.05) is 6.07 Å². The van der Waals surface area contributed by atoms with Crippen molar-refractivity contribution in [2.75, 3.05) is 34.4 Å². The molecule has 2 aromatic heterocycles. The van der Waals surface area contributed by atoms with Crippen LogP contribution in [0, 0.1) is 11.8 Å². The van der Waals surface area contributed by atoms with Gasteiger partial charge in [0.1, 0.15) is 11.4 Å². The summed E-state index contributed by atoms with van der Waals surface area (Å²) >= 11 is 0. The van der Waals surface area contributed by atoms with Crippen LogP contribution in [0.4, 0.5) is 0 Å². The van der Waals surface area contributed by atoms with E-state index in [-0.39, 0.29) is 11.9 Å². The highest BCUT2D eigenvalue weighted by Gasteiger charge is 2.53. The first-order valence-electron chi connectivity index (χ1n) is 10.9. The van der Waals surface area contributed by atoms with E-state index >= 15 is 0 Å². The molecule has 0 bridgehead atoms. The number of rotatable bonds is 6. The second-order valence-electron chi connectivity index (χ2n) is 8.66. The Morgan fingerprint density at radius 3 is 2.72 bits per heavy atom. The number of pyridine rings is 1. The van der Waals surface area contributed by atoms with Crippen molar-refractivity contribution in [1.82, 2.24) is 19.9 Å². The SMILES string of the molecule is COc1ccc2nc(CN3C[C@@H]4CC[C@@](O)(c5cnc(OC)nc5OC)[C@@H]4C3)ccc2c1. The molecule has 1 saturated carbocycles. The Hall–Kier alpha value is -2.97. The lowest BCUT2D eigenvalue weighted by molar-refractivity contribution is -0.00976. The molecule has 3 aromatic rings. The van der Waals surface area contributed by atoms with Crippen molar-refractivity contribution in [2.24, 2.45) is 11.8 Å². The lowest BCUT2D eigenvalue weighted by atomic mass is 9.83. The molecule has 8 heteroatoms. The molecule has 1 aliphatic heterocycles. The van der Waals surface area contributed by atoms with Gasteiger partial charge < -0.3 is 19.3 Å². The molecule has 1 aromatic carbocycles. The molecular formula is C24H28N4O4. The van der Waals surface area contributed by atoms with Crippen molar-refractivity contribution in [3.8, 4) is 17.6 Å². The van der Waals surface area contributed by atoms with Crippen LogP contribution in [0.1, 0.15) is 24.1 Å². The highest BCUT2D eigenvalue weighted by atomic mass is 16.5. The van der Waals surface area contributed by atoms with Gasteiger partial charge in [0, 0.05) is 37.1 Å². The number of ether oxygens (including phenoxy) is 3. The summed E-state index contributed by atoms with van der Waals surface area (Å²) in [4.78, 5) is 15.7. The van der Waals surface area contributed by atoms with Crippen LogP contribution in [-0.4, -0.2) is 59.4 Å². The van der Waals surface area contributed by atoms with E-state index < -0.39 is 5.60 Å². The molecule has 8 nitrogen and oxygen atoms in total. The lowest BCUT2D eigenvalue weighted by Crippen LogP contribution is -2.35. The molecule has 0 radical (unpaired) electrons. The normalized spacial score (nSPS) is 25.1. The van der Waals surface area contributed by atoms with Gasteiger partial charge in [0.15, 0.2) is 0 Å². The van der Waals surface area contributed by atoms with Gasteiger partial charge in [-0.25, -0.2) is 4.98 Å². The smallest absolute Gasteiger partial charge is 0.319 e. The van der Waals surface area contributed by atoms with Gasteiger partial charge in [-0.2, -0.15) is 4.98 Å². The molecule has 2 fully saturated rings. The summed E-state index contributed by atoms with van der Waals surface area (Å²) in [6.45, 7) is 2.48. The molecule has 3 heterocycles. The zero-order valence-electron chi connectivity index (χ0n) is 18.6. The Balaban J connectivity index is 1.35. The van der Waals surface area contributed by atoms with Crippen molar-refractivity contribution in [2.45, 2.75) is 25.0 Å². The summed E-state index contributed by atoms with van der Waals surface area (Å²) in [6, 6.07) is 10.3. The number of fused-ring (bicyclic) bond motifs is 2. The van der Waals surface area contributed by atoms with Crippen molar-refractivity contribution >= 4 is 10.9 Å². The zero-order valence-corrected chi connectivity index (χ0v) is 18.6. The topological polar surface area (TPSA) is 89.8 Å². The molecule has 168 valence electrons. The number of aliphatic hydroxyl groups is 1. The summed E-state index contributed by atoms with van der Waals surface area (Å²) in [6.07, 6.45) is 3.28. The van der Waals surface area contributed by atoms with Crippen LogP contribution in [0.3, 0.4) is 0 Å². The van der Waals surface area contributed by atoms with E-state index in [1.807, 2.05) is 18.2 Å². The third kappa shape index (κ3) is 3.53. The van der Waals surface area contributed by atoms with Gasteiger partial charge in [-0.3, -0.25) is 9.88 Å². The Morgan fingerprint density at radius 1 is 1.06 bits per heavy atom. The molecule has 0 unspecified atom stereocenters. The molecule has 2 aliphatic rings. The van der Waals surface area contributed by atoms with Crippen molar-refractivity contribution < 1.29 is 19.3 Å². The highest BCUT2D eigenvalue weighted by molar-refractivity contribution is 5.80. The van der Waals surface area contributed by atoms with E-state index in [9.17, 15) is 5.11 Å². The van der Waals surface area contributed by atoms with Gasteiger partial charge in [0.05, 0.1) is 38.1 Å². The number of hydrogen-bond donors (Lipinski definition) is 1. The first-order valence-corrected chi connectivity index (χ1v) is 10.9. The van der Waals surface area contributed by atoms with E-state index in [1.165, 1.54) is 7.11 Å². The number of hydrogen-bond acceptors (Lipinski definition) is 8. The third-order valence-corrected chi connectivity index (χ3v) is 6.94. The summed E-state index contributed by atoms with van der Waals surface area (Å²) < 4.78 is 15.9. The van der Waals surface area contributed by atoms with Crippen molar-refractivity contribution in [3.05, 3.63) is 47.8 Å². The molecule has 32 heavy (non-hydrogen) atoms. The molecule has 1 aliphatic carbocycles. The second-order valence-corrected chi connectivity index (χ2v) is 8.66. The average Bonchev–Trinajstić information content (AvgIpc) is 3.38. The molecule has 0 spiro atoms. The Kier molecular flexibility index (Phi) is 5.35. The maximum absolute atomic E-state index is 11.7. The molecule has 1 saturated heterocycles. The van der Waals surface area contributed by atoms with Crippen LogP contribution in [-0.2, 0) is 12.1 Å². The fourth-order valence-corrected chi connectivity index (χ4v) is 5.34. The van der Waals surface area contributed by atoms with E-state index in [2.05, 4.69) is 27.0 Å². The summed E-state index contributed by atoms with van der Waals surface area (Å²) in [5.74, 6) is 1.72. The monoisotopic (exact) mass is 436 g/mol. The molecule has 0 amide bonds. The van der Waals surface area contributed by atoms with Gasteiger partial charge >= 0.3 is 6.01 Å². The van der Waals surface area contributed by atoms with E-state index in [0.29, 0.717) is 23.8 Å². The van der Waals surface area contributed by atoms with Crippen molar-refractivity contribution in [3.63, 3.8) is 0 Å². The Labute approximate surface area is 187 Å². The second kappa shape index (κ2) is 8.18. The number of nitrogens with zero attached hydrogens (tertiary/aromatic N) is 4. The zero-order chi connectivity index (χ0) is 22.3. The Morgan fingerprint density at radius 2 is 1.94 bits per heavy atom. The fourth-order valence-electron chi connectivity index (χ4n) is 5.34. The van der Waals surface area contributed by atoms with E-state index in [4.69, 9.17) is 19.2 Å². The standard InChI is InChI=1S/C24H28N4O4/c1-30-18-6-7-21-15(10-18)4-5-17(26-21)13-28-12-16-8-9-24(29,20(16)14-28)19-11-25-23(32-3)27-22(19)31-2/h4-7,10-11,16,20,29H,8-9,12-14H2,1-3H3/t16-,20+,24+/m0/s1. The third-order valence-electron chi connectivity index (χ3n) is 6.94. The summed E-state index contributed by atoms with van der Waals surface area (Å²) in [7, 11) is 4.74. The molecule has 1 N–H and O–H groups in total. The largest absolute Gasteiger partial charge is 0.497 e. The van der Waals surface area contributed by atoms with Gasteiger partial charge in [0.2, 0.25) is 5.88 Å². The Bertz CT molecular complexity index is 1140. The highest BCUT2D eigenvalue weighted by Crippen LogP contribution is 2.52. The number of aromatic nitrogens is 3. The average molecular weight is 437 g/mol. The van der Waals surface area contributed by atoms with Crippen LogP contribution in [0.25, 0.3) is 10.9 Å². The van der Waals surface area contributed by atoms with E-state index in [1.54, 1.807) is 20.4 Å². The maximum Gasteiger partial charge on any atom is 0.319 e. The van der Waals surface area contributed by atoms with Crippen LogP contribution in [0.5, 0.6) is 17.6 Å². The minimum absolute atomic E-state index is 0.0955. The van der Waals surface area contributed by atoms with E-state index in [0.717, 1.165) is 48.4 Å². The maximum atomic E-state index is 11.7. The number of likely N-dealkylation sites (tertiary alicyclic amines) is 1. The predicted molar refractivity (Wildman–Crippen MR) is 119 cm³/mol. The van der Waals surface area contributed by atoms with Gasteiger partial charge in [-0.15, -0.1) is 0 Å². The first-order chi connectivity index (χ1) is 15.5. The quantitative estimate of drug-likeness (QED) is 0.631. The number of methoxy groups -OCH3 is 3. The molecule has 3 atom stereocenters. The van der Waals surface area contributed by atoms with Crippen LogP contribution in [0.2, 0.25) is 0 Å². The minimum atomic E-state index is -1.01. The van der Waals surface area contributed by atoms with Gasteiger partial charge in [-0.05, 0) is 43.0 Å². The predicted octanol–water partition coefficient (Wildman–Crippen LogP) is 2.78. The van der Waals surface area contributed by atoms with Crippen LogP contribution < -0.4 is 14.2 Å². The first kappa shape index (κ1) is 20.9.